The summed E-state index contributed by atoms with van der Waals surface area (Å²) in [5.41, 5.74) is 7.51. The minimum absolute atomic E-state index is 0.231. The lowest BCUT2D eigenvalue weighted by Crippen LogP contribution is -2.26. The Morgan fingerprint density at radius 3 is 2.83 bits per heavy atom. The Bertz CT molecular complexity index is 548. The summed E-state index contributed by atoms with van der Waals surface area (Å²) in [4.78, 5) is 4.13. The summed E-state index contributed by atoms with van der Waals surface area (Å²) in [6.45, 7) is -0.231. The van der Waals surface area contributed by atoms with Gasteiger partial charge in [0, 0.05) is 23.8 Å². The largest absolute Gasteiger partial charge is 0.397 e. The van der Waals surface area contributed by atoms with E-state index in [0.717, 1.165) is 5.39 Å². The summed E-state index contributed by atoms with van der Waals surface area (Å²) < 4.78 is 24.4. The van der Waals surface area contributed by atoms with E-state index in [0.29, 0.717) is 16.9 Å². The van der Waals surface area contributed by atoms with E-state index in [1.807, 2.05) is 0 Å². The molecule has 6 heteroatoms. The van der Waals surface area contributed by atoms with E-state index in [9.17, 15) is 8.78 Å². The van der Waals surface area contributed by atoms with E-state index >= 15 is 0 Å². The van der Waals surface area contributed by atoms with Gasteiger partial charge in [-0.05, 0) is 24.3 Å². The summed E-state index contributed by atoms with van der Waals surface area (Å²) in [7, 11) is 0. The van der Waals surface area contributed by atoms with Gasteiger partial charge < -0.3 is 16.2 Å². The first kappa shape index (κ1) is 12.5. The van der Waals surface area contributed by atoms with Gasteiger partial charge in [0.1, 0.15) is 6.10 Å². The molecule has 0 radical (unpaired) electrons. The molecule has 0 aliphatic heterocycles. The molecule has 1 aromatic heterocycles. The van der Waals surface area contributed by atoms with Gasteiger partial charge in [-0.2, -0.15) is 0 Å². The number of aliphatic hydroxyl groups excluding tert-OH is 1. The van der Waals surface area contributed by atoms with E-state index in [2.05, 4.69) is 10.3 Å². The number of nitrogens with two attached hydrogens (primary N) is 1. The summed E-state index contributed by atoms with van der Waals surface area (Å²) >= 11 is 0. The zero-order valence-electron chi connectivity index (χ0n) is 9.48. The number of halogens is 2. The molecule has 1 heterocycles. The Morgan fingerprint density at radius 1 is 1.33 bits per heavy atom. The number of rotatable bonds is 4. The first-order valence-corrected chi connectivity index (χ1v) is 5.43. The monoisotopic (exact) mass is 253 g/mol. The van der Waals surface area contributed by atoms with Gasteiger partial charge in [0.25, 0.3) is 6.43 Å². The standard InChI is InChI=1S/C12H13F2N3O/c13-12(14)10(18)6-17-9-4-3-8(15)11-7(9)2-1-5-16-11/h1-5,10,12,17-18H,6,15H2. The van der Waals surface area contributed by atoms with Gasteiger partial charge in [-0.25, -0.2) is 8.78 Å². The van der Waals surface area contributed by atoms with Crippen LogP contribution in [0.1, 0.15) is 0 Å². The molecule has 96 valence electrons. The fraction of sp³-hybridized carbons (Fsp3) is 0.250. The summed E-state index contributed by atoms with van der Waals surface area (Å²) in [5.74, 6) is 0. The van der Waals surface area contributed by atoms with Crippen molar-refractivity contribution in [2.24, 2.45) is 0 Å². The van der Waals surface area contributed by atoms with Crippen LogP contribution in [0.25, 0.3) is 10.9 Å². The van der Waals surface area contributed by atoms with Crippen LogP contribution in [0.2, 0.25) is 0 Å². The number of hydrogen-bond acceptors (Lipinski definition) is 4. The molecule has 4 N–H and O–H groups in total. The molecular weight excluding hydrogens is 240 g/mol. The molecule has 2 aromatic rings. The average molecular weight is 253 g/mol. The van der Waals surface area contributed by atoms with Crippen LogP contribution < -0.4 is 11.1 Å². The molecule has 1 unspecified atom stereocenters. The molecule has 1 aromatic carbocycles. The van der Waals surface area contributed by atoms with Crippen LogP contribution in [0.15, 0.2) is 30.5 Å². The van der Waals surface area contributed by atoms with Gasteiger partial charge in [0.2, 0.25) is 0 Å². The average Bonchev–Trinajstić information content (AvgIpc) is 2.38. The van der Waals surface area contributed by atoms with Crippen molar-refractivity contribution in [1.82, 2.24) is 4.98 Å². The number of pyridine rings is 1. The lowest BCUT2D eigenvalue weighted by atomic mass is 10.1. The van der Waals surface area contributed by atoms with Crippen molar-refractivity contribution >= 4 is 22.3 Å². The molecule has 0 saturated heterocycles. The third-order valence-corrected chi connectivity index (χ3v) is 2.59. The molecule has 4 nitrogen and oxygen atoms in total. The minimum atomic E-state index is -2.77. The number of nitrogen functional groups attached to an aromatic ring is 1. The SMILES string of the molecule is Nc1ccc(NCC(O)C(F)F)c2cccnc12. The number of fused-ring (bicyclic) bond motifs is 1. The molecule has 0 saturated carbocycles. The number of nitrogens with zero attached hydrogens (tertiary/aromatic N) is 1. The van der Waals surface area contributed by atoms with E-state index in [1.165, 1.54) is 0 Å². The first-order chi connectivity index (χ1) is 8.59. The molecule has 2 rings (SSSR count). The fourth-order valence-electron chi connectivity index (χ4n) is 1.65. The number of anilines is 2. The van der Waals surface area contributed by atoms with Gasteiger partial charge in [-0.3, -0.25) is 4.98 Å². The highest BCUT2D eigenvalue weighted by molar-refractivity contribution is 5.98. The van der Waals surface area contributed by atoms with Crippen molar-refractivity contribution in [2.75, 3.05) is 17.6 Å². The molecule has 0 spiro atoms. The third kappa shape index (κ3) is 2.48. The van der Waals surface area contributed by atoms with Crippen LogP contribution >= 0.6 is 0 Å². The Labute approximate surface area is 102 Å². The van der Waals surface area contributed by atoms with Crippen molar-refractivity contribution in [3.63, 3.8) is 0 Å². The second-order valence-corrected chi connectivity index (χ2v) is 3.88. The molecule has 18 heavy (non-hydrogen) atoms. The third-order valence-electron chi connectivity index (χ3n) is 2.59. The topological polar surface area (TPSA) is 71.2 Å². The highest BCUT2D eigenvalue weighted by atomic mass is 19.3. The lowest BCUT2D eigenvalue weighted by Gasteiger charge is -2.14. The fourth-order valence-corrected chi connectivity index (χ4v) is 1.65. The molecule has 0 fully saturated rings. The van der Waals surface area contributed by atoms with Crippen LogP contribution in [0.5, 0.6) is 0 Å². The van der Waals surface area contributed by atoms with Crippen molar-refractivity contribution in [3.05, 3.63) is 30.5 Å². The quantitative estimate of drug-likeness (QED) is 0.727. The summed E-state index contributed by atoms with van der Waals surface area (Å²) in [6, 6.07) is 6.84. The van der Waals surface area contributed by atoms with Crippen LogP contribution in [0, 0.1) is 0 Å². The second-order valence-electron chi connectivity index (χ2n) is 3.88. The van der Waals surface area contributed by atoms with E-state index in [1.54, 1.807) is 30.5 Å². The van der Waals surface area contributed by atoms with Gasteiger partial charge in [-0.15, -0.1) is 0 Å². The second kappa shape index (κ2) is 5.14. The summed E-state index contributed by atoms with van der Waals surface area (Å²) in [6.07, 6.45) is -2.86. The number of alkyl halides is 2. The normalized spacial score (nSPS) is 12.9. The van der Waals surface area contributed by atoms with E-state index < -0.39 is 12.5 Å². The smallest absolute Gasteiger partial charge is 0.265 e. The number of aliphatic hydroxyl groups is 1. The van der Waals surface area contributed by atoms with E-state index in [4.69, 9.17) is 10.8 Å². The van der Waals surface area contributed by atoms with Crippen molar-refractivity contribution in [3.8, 4) is 0 Å². The zero-order valence-corrected chi connectivity index (χ0v) is 9.48. The lowest BCUT2D eigenvalue weighted by molar-refractivity contribution is 0.00386. The molecular formula is C12H13F2N3O. The Balaban J connectivity index is 2.26. The number of benzene rings is 1. The highest BCUT2D eigenvalue weighted by Crippen LogP contribution is 2.26. The van der Waals surface area contributed by atoms with Crippen molar-refractivity contribution in [2.45, 2.75) is 12.5 Å². The van der Waals surface area contributed by atoms with Crippen LogP contribution in [0.4, 0.5) is 20.2 Å². The Hall–Kier alpha value is -1.95. The van der Waals surface area contributed by atoms with Gasteiger partial charge in [0.15, 0.2) is 0 Å². The predicted molar refractivity (Wildman–Crippen MR) is 66.7 cm³/mol. The van der Waals surface area contributed by atoms with Crippen molar-refractivity contribution in [1.29, 1.82) is 0 Å². The number of nitrogens with one attached hydrogen (secondary N) is 1. The van der Waals surface area contributed by atoms with Crippen molar-refractivity contribution < 1.29 is 13.9 Å². The maximum absolute atomic E-state index is 12.2. The van der Waals surface area contributed by atoms with Crippen LogP contribution in [-0.4, -0.2) is 29.2 Å². The molecule has 0 amide bonds. The van der Waals surface area contributed by atoms with Gasteiger partial charge >= 0.3 is 0 Å². The van der Waals surface area contributed by atoms with Crippen LogP contribution in [-0.2, 0) is 0 Å². The molecule has 0 bridgehead atoms. The van der Waals surface area contributed by atoms with E-state index in [-0.39, 0.29) is 6.54 Å². The Kier molecular flexibility index (Phi) is 3.57. The molecule has 0 aliphatic rings. The molecule has 1 atom stereocenters. The maximum atomic E-state index is 12.2. The maximum Gasteiger partial charge on any atom is 0.265 e. The zero-order chi connectivity index (χ0) is 13.1. The van der Waals surface area contributed by atoms with Gasteiger partial charge in [-0.1, -0.05) is 0 Å². The number of aromatic nitrogens is 1. The first-order valence-electron chi connectivity index (χ1n) is 5.43. The highest BCUT2D eigenvalue weighted by Gasteiger charge is 2.16. The van der Waals surface area contributed by atoms with Crippen LogP contribution in [0.3, 0.4) is 0 Å². The molecule has 0 aliphatic carbocycles. The van der Waals surface area contributed by atoms with Gasteiger partial charge in [0.05, 0.1) is 11.2 Å². The Morgan fingerprint density at radius 2 is 2.11 bits per heavy atom. The number of hydrogen-bond donors (Lipinski definition) is 3. The predicted octanol–water partition coefficient (Wildman–Crippen LogP) is 1.85. The summed E-state index contributed by atoms with van der Waals surface area (Å²) in [5, 5.41) is 12.6. The minimum Gasteiger partial charge on any atom is -0.397 e.